The highest BCUT2D eigenvalue weighted by atomic mass is 35.5. The fourth-order valence-electron chi connectivity index (χ4n) is 3.58. The fourth-order valence-corrected chi connectivity index (χ4v) is 4.04. The minimum Gasteiger partial charge on any atom is -0.497 e. The molecule has 0 radical (unpaired) electrons. The van der Waals surface area contributed by atoms with E-state index < -0.39 is 0 Å². The van der Waals surface area contributed by atoms with Crippen LogP contribution in [-0.4, -0.2) is 18.0 Å². The molecular formula is C25H20Cl2N2O2. The predicted molar refractivity (Wildman–Crippen MR) is 128 cm³/mol. The molecule has 156 valence electrons. The summed E-state index contributed by atoms with van der Waals surface area (Å²) in [4.78, 5) is 18.2. The van der Waals surface area contributed by atoms with E-state index in [1.54, 1.807) is 31.4 Å². The van der Waals surface area contributed by atoms with Gasteiger partial charge in [-0.15, -0.1) is 0 Å². The molecule has 0 aliphatic carbocycles. The zero-order valence-electron chi connectivity index (χ0n) is 17.3. The molecule has 3 aromatic carbocycles. The van der Waals surface area contributed by atoms with Gasteiger partial charge < -0.3 is 10.1 Å². The fraction of sp³-hybridized carbons (Fsp3) is 0.120. The molecule has 0 atom stereocenters. The Labute approximate surface area is 190 Å². The van der Waals surface area contributed by atoms with Crippen molar-refractivity contribution in [3.8, 4) is 17.0 Å². The standard InChI is InChI=1S/C25H20Cl2N2O2/c1-14-9-15(2)24-19(10-14)20(25(30)29-22-8-7-17(26)12-21(22)27)13-23(28-24)16-5-4-6-18(11-16)31-3/h4-13H,1-3H3,(H,29,30). The van der Waals surface area contributed by atoms with Gasteiger partial charge in [0.2, 0.25) is 0 Å². The molecule has 0 aliphatic heterocycles. The number of hydrogen-bond donors (Lipinski definition) is 1. The first kappa shape index (κ1) is 21.2. The van der Waals surface area contributed by atoms with Crippen molar-refractivity contribution in [3.05, 3.63) is 87.4 Å². The monoisotopic (exact) mass is 450 g/mol. The number of aromatic nitrogens is 1. The van der Waals surface area contributed by atoms with Gasteiger partial charge in [0.05, 0.1) is 34.6 Å². The quantitative estimate of drug-likeness (QED) is 0.361. The molecule has 0 bridgehead atoms. The molecule has 1 aromatic heterocycles. The Hall–Kier alpha value is -3.08. The van der Waals surface area contributed by atoms with E-state index >= 15 is 0 Å². The Kier molecular flexibility index (Phi) is 5.86. The summed E-state index contributed by atoms with van der Waals surface area (Å²) in [5.41, 5.74) is 5.38. The molecule has 6 heteroatoms. The van der Waals surface area contributed by atoms with Gasteiger partial charge in [0.25, 0.3) is 5.91 Å². The second kappa shape index (κ2) is 8.58. The highest BCUT2D eigenvalue weighted by molar-refractivity contribution is 6.37. The van der Waals surface area contributed by atoms with Crippen LogP contribution in [0.5, 0.6) is 5.75 Å². The number of halogens is 2. The lowest BCUT2D eigenvalue weighted by Crippen LogP contribution is -2.13. The van der Waals surface area contributed by atoms with Gasteiger partial charge in [-0.3, -0.25) is 4.79 Å². The van der Waals surface area contributed by atoms with Crippen molar-refractivity contribution in [2.75, 3.05) is 12.4 Å². The molecule has 0 saturated heterocycles. The number of rotatable bonds is 4. The van der Waals surface area contributed by atoms with Crippen LogP contribution >= 0.6 is 23.2 Å². The van der Waals surface area contributed by atoms with Crippen LogP contribution in [0.1, 0.15) is 21.5 Å². The predicted octanol–water partition coefficient (Wildman–Crippen LogP) is 7.09. The molecule has 1 N–H and O–H groups in total. The number of nitrogens with zero attached hydrogens (tertiary/aromatic N) is 1. The van der Waals surface area contributed by atoms with E-state index in [0.29, 0.717) is 27.0 Å². The van der Waals surface area contributed by atoms with Gasteiger partial charge in [0, 0.05) is 16.0 Å². The summed E-state index contributed by atoms with van der Waals surface area (Å²) in [6.07, 6.45) is 0. The molecule has 1 heterocycles. The molecule has 4 nitrogen and oxygen atoms in total. The molecule has 0 saturated carbocycles. The molecule has 31 heavy (non-hydrogen) atoms. The maximum Gasteiger partial charge on any atom is 0.256 e. The third-order valence-corrected chi connectivity index (χ3v) is 5.59. The lowest BCUT2D eigenvalue weighted by Gasteiger charge is -2.14. The number of methoxy groups -OCH3 is 1. The number of benzene rings is 3. The molecule has 1 amide bonds. The zero-order valence-corrected chi connectivity index (χ0v) is 18.8. The molecule has 4 rings (SSSR count). The Balaban J connectivity index is 1.88. The SMILES string of the molecule is COc1cccc(-c2cc(C(=O)Nc3ccc(Cl)cc3Cl)c3cc(C)cc(C)c3n2)c1. The smallest absolute Gasteiger partial charge is 0.256 e. The minimum atomic E-state index is -0.272. The highest BCUT2D eigenvalue weighted by Crippen LogP contribution is 2.31. The second-order valence-corrected chi connectivity index (χ2v) is 8.19. The topological polar surface area (TPSA) is 51.2 Å². The number of carbonyl (C=O) groups excluding carboxylic acids is 1. The van der Waals surface area contributed by atoms with E-state index in [0.717, 1.165) is 33.3 Å². The van der Waals surface area contributed by atoms with Gasteiger partial charge in [-0.1, -0.05) is 47.0 Å². The first-order valence-corrected chi connectivity index (χ1v) is 10.4. The summed E-state index contributed by atoms with van der Waals surface area (Å²) in [7, 11) is 1.62. The molecule has 0 fully saturated rings. The Morgan fingerprint density at radius 2 is 1.81 bits per heavy atom. The van der Waals surface area contributed by atoms with Crippen LogP contribution in [0, 0.1) is 13.8 Å². The van der Waals surface area contributed by atoms with E-state index in [-0.39, 0.29) is 5.91 Å². The average Bonchev–Trinajstić information content (AvgIpc) is 2.75. The van der Waals surface area contributed by atoms with Crippen molar-refractivity contribution in [2.24, 2.45) is 0 Å². The van der Waals surface area contributed by atoms with E-state index in [4.69, 9.17) is 32.9 Å². The van der Waals surface area contributed by atoms with Crippen LogP contribution in [0.15, 0.2) is 60.7 Å². The summed E-state index contributed by atoms with van der Waals surface area (Å²) >= 11 is 12.2. The Morgan fingerprint density at radius 1 is 1.00 bits per heavy atom. The summed E-state index contributed by atoms with van der Waals surface area (Å²) in [5.74, 6) is 0.449. The van der Waals surface area contributed by atoms with Gasteiger partial charge in [0.15, 0.2) is 0 Å². The van der Waals surface area contributed by atoms with Crippen LogP contribution in [0.2, 0.25) is 10.0 Å². The summed E-state index contributed by atoms with van der Waals surface area (Å²) in [6.45, 7) is 4.00. The minimum absolute atomic E-state index is 0.272. The average molecular weight is 451 g/mol. The number of ether oxygens (including phenoxy) is 1. The Morgan fingerprint density at radius 3 is 2.55 bits per heavy atom. The van der Waals surface area contributed by atoms with Crippen molar-refractivity contribution in [1.82, 2.24) is 4.98 Å². The number of carbonyl (C=O) groups is 1. The van der Waals surface area contributed by atoms with Crippen LogP contribution in [-0.2, 0) is 0 Å². The largest absolute Gasteiger partial charge is 0.497 e. The first-order valence-electron chi connectivity index (χ1n) is 9.68. The number of anilines is 1. The first-order chi connectivity index (χ1) is 14.9. The van der Waals surface area contributed by atoms with Gasteiger partial charge in [-0.05, 0) is 61.9 Å². The lowest BCUT2D eigenvalue weighted by molar-refractivity contribution is 0.102. The van der Waals surface area contributed by atoms with Gasteiger partial charge in [-0.25, -0.2) is 4.98 Å². The number of aryl methyl sites for hydroxylation is 2. The molecule has 4 aromatic rings. The maximum absolute atomic E-state index is 13.3. The number of pyridine rings is 1. The van der Waals surface area contributed by atoms with Crippen molar-refractivity contribution in [3.63, 3.8) is 0 Å². The number of nitrogens with one attached hydrogen (secondary N) is 1. The molecular weight excluding hydrogens is 431 g/mol. The van der Waals surface area contributed by atoms with Gasteiger partial charge in [0.1, 0.15) is 5.75 Å². The normalized spacial score (nSPS) is 10.9. The van der Waals surface area contributed by atoms with Crippen LogP contribution in [0.4, 0.5) is 5.69 Å². The third kappa shape index (κ3) is 4.36. The van der Waals surface area contributed by atoms with Crippen LogP contribution < -0.4 is 10.1 Å². The number of fused-ring (bicyclic) bond motifs is 1. The highest BCUT2D eigenvalue weighted by Gasteiger charge is 2.17. The maximum atomic E-state index is 13.3. The van der Waals surface area contributed by atoms with E-state index in [1.807, 2.05) is 44.2 Å². The molecule has 0 unspecified atom stereocenters. The number of amides is 1. The Bertz CT molecular complexity index is 1320. The third-order valence-electron chi connectivity index (χ3n) is 5.04. The molecule has 0 spiro atoms. The van der Waals surface area contributed by atoms with E-state index in [9.17, 15) is 4.79 Å². The lowest BCUT2D eigenvalue weighted by atomic mass is 9.99. The zero-order chi connectivity index (χ0) is 22.1. The van der Waals surface area contributed by atoms with Gasteiger partial charge >= 0.3 is 0 Å². The van der Waals surface area contributed by atoms with Gasteiger partial charge in [-0.2, -0.15) is 0 Å². The van der Waals surface area contributed by atoms with E-state index in [2.05, 4.69) is 11.4 Å². The van der Waals surface area contributed by atoms with Crippen molar-refractivity contribution >= 4 is 45.7 Å². The summed E-state index contributed by atoms with van der Waals surface area (Å²) < 4.78 is 5.35. The molecule has 0 aliphatic rings. The van der Waals surface area contributed by atoms with E-state index in [1.165, 1.54) is 0 Å². The second-order valence-electron chi connectivity index (χ2n) is 7.34. The summed E-state index contributed by atoms with van der Waals surface area (Å²) in [6, 6.07) is 18.4. The van der Waals surface area contributed by atoms with Crippen molar-refractivity contribution in [1.29, 1.82) is 0 Å². The van der Waals surface area contributed by atoms with Crippen molar-refractivity contribution < 1.29 is 9.53 Å². The van der Waals surface area contributed by atoms with Crippen LogP contribution in [0.3, 0.4) is 0 Å². The van der Waals surface area contributed by atoms with Crippen molar-refractivity contribution in [2.45, 2.75) is 13.8 Å². The summed E-state index contributed by atoms with van der Waals surface area (Å²) in [5, 5.41) is 4.57. The van der Waals surface area contributed by atoms with Crippen LogP contribution in [0.25, 0.3) is 22.2 Å². The number of hydrogen-bond acceptors (Lipinski definition) is 3.